The van der Waals surface area contributed by atoms with E-state index in [1.54, 1.807) is 0 Å². The van der Waals surface area contributed by atoms with Crippen LogP contribution in [-0.2, 0) is 49.7 Å². The van der Waals surface area contributed by atoms with Gasteiger partial charge >= 0.3 is 19.2 Å². The molecule has 1 N–H and O–H groups in total. The van der Waals surface area contributed by atoms with Gasteiger partial charge in [-0.05, 0) is 32.3 Å². The Labute approximate surface area is 208 Å². The average molecular weight is 532 g/mol. The number of hydrogen-bond donors (Lipinski definition) is 1. The van der Waals surface area contributed by atoms with Crippen LogP contribution < -0.4 is 5.32 Å². The normalized spacial score (nSPS) is 14.3. The quantitative estimate of drug-likeness (QED) is 0.205. The summed E-state index contributed by atoms with van der Waals surface area (Å²) in [6.45, 7) is 2.84. The average Bonchev–Trinajstić information content (AvgIpc) is 3.14. The van der Waals surface area contributed by atoms with Crippen LogP contribution in [0.5, 0.6) is 0 Å². The second kappa shape index (κ2) is 13.6. The molecule has 0 aromatic heterocycles. The van der Waals surface area contributed by atoms with Crippen molar-refractivity contribution in [2.45, 2.75) is 64.5 Å². The van der Waals surface area contributed by atoms with Crippen LogP contribution in [0.2, 0.25) is 0 Å². The highest BCUT2D eigenvalue weighted by atomic mass is 31.2. The van der Waals surface area contributed by atoms with Gasteiger partial charge in [-0.1, -0.05) is 30.7 Å². The summed E-state index contributed by atoms with van der Waals surface area (Å²) in [7, 11) is -4.70. The van der Waals surface area contributed by atoms with E-state index in [-0.39, 0.29) is 44.8 Å². The molecule has 0 spiro atoms. The van der Waals surface area contributed by atoms with Gasteiger partial charge in [0, 0.05) is 31.4 Å². The molecule has 1 heterocycles. The van der Waals surface area contributed by atoms with Crippen LogP contribution in [-0.4, -0.2) is 48.5 Å². The molecule has 1 aliphatic heterocycles. The number of unbranched alkanes of at least 4 members (excludes halogenated alkanes) is 2. The van der Waals surface area contributed by atoms with Gasteiger partial charge in [0.1, 0.15) is 0 Å². The lowest BCUT2D eigenvalue weighted by atomic mass is 10.1. The molecular formula is C23H31F2N2O8P. The first kappa shape index (κ1) is 29.5. The van der Waals surface area contributed by atoms with E-state index in [2.05, 4.69) is 5.32 Å². The number of amides is 3. The van der Waals surface area contributed by atoms with E-state index in [9.17, 15) is 32.5 Å². The van der Waals surface area contributed by atoms with Crippen molar-refractivity contribution in [1.29, 1.82) is 0 Å². The molecule has 0 atom stereocenters. The highest BCUT2D eigenvalue weighted by molar-refractivity contribution is 7.54. The molecule has 36 heavy (non-hydrogen) atoms. The van der Waals surface area contributed by atoms with Crippen molar-refractivity contribution in [2.24, 2.45) is 0 Å². The molecule has 0 aliphatic carbocycles. The van der Waals surface area contributed by atoms with Crippen molar-refractivity contribution in [3.63, 3.8) is 0 Å². The van der Waals surface area contributed by atoms with Crippen LogP contribution in [0.4, 0.5) is 8.78 Å². The minimum absolute atomic E-state index is 0.0293. The highest BCUT2D eigenvalue weighted by Crippen LogP contribution is 2.66. The number of nitrogens with one attached hydrogen (secondary N) is 1. The summed E-state index contributed by atoms with van der Waals surface area (Å²) in [4.78, 5) is 51.4. The van der Waals surface area contributed by atoms with Crippen molar-refractivity contribution < 1.29 is 46.4 Å². The van der Waals surface area contributed by atoms with Crippen LogP contribution in [0.3, 0.4) is 0 Å². The monoisotopic (exact) mass is 532 g/mol. The number of halogens is 2. The van der Waals surface area contributed by atoms with E-state index in [0.717, 1.165) is 12.1 Å². The van der Waals surface area contributed by atoms with Gasteiger partial charge in [-0.3, -0.25) is 18.9 Å². The SMILES string of the molecule is CCOP(=O)(OCC)C(F)(F)c1ccc(CC(=O)NCCCCCC(=O)ON2C(=O)CCC2=O)cc1. The van der Waals surface area contributed by atoms with E-state index in [4.69, 9.17) is 13.9 Å². The predicted octanol–water partition coefficient (Wildman–Crippen LogP) is 3.83. The zero-order valence-corrected chi connectivity index (χ0v) is 21.2. The number of alkyl halides is 2. The van der Waals surface area contributed by atoms with Gasteiger partial charge in [0.2, 0.25) is 5.91 Å². The molecule has 1 aliphatic rings. The Morgan fingerprint density at radius 1 is 1.00 bits per heavy atom. The molecule has 13 heteroatoms. The molecule has 0 bridgehead atoms. The van der Waals surface area contributed by atoms with Crippen molar-refractivity contribution in [1.82, 2.24) is 10.4 Å². The molecule has 2 rings (SSSR count). The summed E-state index contributed by atoms with van der Waals surface area (Å²) in [5.74, 6) is -2.05. The maximum absolute atomic E-state index is 14.8. The van der Waals surface area contributed by atoms with Gasteiger partial charge < -0.3 is 19.2 Å². The Balaban J connectivity index is 1.71. The molecule has 1 fully saturated rings. The number of carbonyl (C=O) groups is 4. The number of carbonyl (C=O) groups excluding carboxylic acids is 4. The molecule has 10 nitrogen and oxygen atoms in total. The third kappa shape index (κ3) is 7.91. The number of hydrogen-bond acceptors (Lipinski definition) is 8. The summed E-state index contributed by atoms with van der Waals surface area (Å²) in [5.41, 5.74) is -3.89. The first-order valence-corrected chi connectivity index (χ1v) is 13.3. The molecule has 0 unspecified atom stereocenters. The first-order valence-electron chi connectivity index (χ1n) is 11.7. The molecule has 200 valence electrons. The van der Waals surface area contributed by atoms with E-state index >= 15 is 0 Å². The Hall–Kier alpha value is -2.69. The van der Waals surface area contributed by atoms with Gasteiger partial charge in [-0.25, -0.2) is 4.79 Å². The highest BCUT2D eigenvalue weighted by Gasteiger charge is 2.54. The Morgan fingerprint density at radius 2 is 1.58 bits per heavy atom. The van der Waals surface area contributed by atoms with Crippen LogP contribution >= 0.6 is 7.60 Å². The van der Waals surface area contributed by atoms with Crippen molar-refractivity contribution >= 4 is 31.3 Å². The minimum atomic E-state index is -4.70. The number of hydroxylamine groups is 2. The van der Waals surface area contributed by atoms with Crippen LogP contribution in [0.25, 0.3) is 0 Å². The lowest BCUT2D eigenvalue weighted by Gasteiger charge is -2.26. The third-order valence-electron chi connectivity index (χ3n) is 5.19. The molecule has 0 radical (unpaired) electrons. The number of nitrogens with zero attached hydrogens (tertiary/aromatic N) is 1. The van der Waals surface area contributed by atoms with Gasteiger partial charge in [0.25, 0.3) is 11.8 Å². The third-order valence-corrected chi connectivity index (χ3v) is 7.33. The molecular weight excluding hydrogens is 501 g/mol. The number of imide groups is 1. The van der Waals surface area contributed by atoms with Gasteiger partial charge in [-0.15, -0.1) is 5.06 Å². The standard InChI is InChI=1S/C23H31F2N2O8P/c1-3-33-36(32,34-4-2)23(24,25)18-11-9-17(10-12-18)16-19(28)26-15-7-5-6-8-22(31)35-27-20(29)13-14-21(27)30/h9-12H,3-8,13-16H2,1-2H3,(H,26,28). The Kier molecular flexibility index (Phi) is 11.1. The Morgan fingerprint density at radius 3 is 2.14 bits per heavy atom. The van der Waals surface area contributed by atoms with Crippen molar-refractivity contribution in [3.05, 3.63) is 35.4 Å². The van der Waals surface area contributed by atoms with E-state index < -0.39 is 36.6 Å². The maximum Gasteiger partial charge on any atom is 0.404 e. The smallest absolute Gasteiger partial charge is 0.356 e. The fourth-order valence-electron chi connectivity index (χ4n) is 3.37. The summed E-state index contributed by atoms with van der Waals surface area (Å²) in [6.07, 6.45) is 1.69. The van der Waals surface area contributed by atoms with Gasteiger partial charge in [0.15, 0.2) is 0 Å². The van der Waals surface area contributed by atoms with Crippen molar-refractivity contribution in [3.8, 4) is 0 Å². The Bertz CT molecular complexity index is 961. The lowest BCUT2D eigenvalue weighted by Crippen LogP contribution is -2.32. The fraction of sp³-hybridized carbons (Fsp3) is 0.565. The molecule has 1 aromatic carbocycles. The topological polar surface area (TPSA) is 128 Å². The van der Waals surface area contributed by atoms with Crippen LogP contribution in [0, 0.1) is 0 Å². The summed E-state index contributed by atoms with van der Waals surface area (Å²) >= 11 is 0. The second-order valence-corrected chi connectivity index (χ2v) is 10.0. The summed E-state index contributed by atoms with van der Waals surface area (Å²) < 4.78 is 51.6. The van der Waals surface area contributed by atoms with E-state index in [1.165, 1.54) is 26.0 Å². The summed E-state index contributed by atoms with van der Waals surface area (Å²) in [5, 5.41) is 3.21. The first-order chi connectivity index (χ1) is 17.0. The second-order valence-electron chi connectivity index (χ2n) is 7.95. The zero-order valence-electron chi connectivity index (χ0n) is 20.3. The predicted molar refractivity (Wildman–Crippen MR) is 124 cm³/mol. The van der Waals surface area contributed by atoms with E-state index in [0.29, 0.717) is 36.4 Å². The largest absolute Gasteiger partial charge is 0.404 e. The summed E-state index contributed by atoms with van der Waals surface area (Å²) in [6, 6.07) is 4.89. The molecule has 1 aromatic rings. The maximum atomic E-state index is 14.8. The van der Waals surface area contributed by atoms with Crippen molar-refractivity contribution in [2.75, 3.05) is 19.8 Å². The minimum Gasteiger partial charge on any atom is -0.356 e. The lowest BCUT2D eigenvalue weighted by molar-refractivity contribution is -0.197. The molecule has 0 saturated carbocycles. The van der Waals surface area contributed by atoms with Crippen LogP contribution in [0.1, 0.15) is 63.5 Å². The van der Waals surface area contributed by atoms with E-state index in [1.807, 2.05) is 0 Å². The van der Waals surface area contributed by atoms with Crippen LogP contribution in [0.15, 0.2) is 24.3 Å². The number of benzene rings is 1. The fourth-order valence-corrected chi connectivity index (χ4v) is 4.92. The number of rotatable bonds is 15. The molecule has 3 amide bonds. The zero-order chi connectivity index (χ0) is 26.8. The molecule has 1 saturated heterocycles. The van der Waals surface area contributed by atoms with Gasteiger partial charge in [-0.2, -0.15) is 8.78 Å². The van der Waals surface area contributed by atoms with Gasteiger partial charge in [0.05, 0.1) is 19.6 Å².